The molecule has 0 atom stereocenters. The zero-order valence-electron chi connectivity index (χ0n) is 10.8. The van der Waals surface area contributed by atoms with Gasteiger partial charge in [0, 0.05) is 25.9 Å². The molecule has 0 aliphatic heterocycles. The Morgan fingerprint density at radius 1 is 1.18 bits per heavy atom. The lowest BCUT2D eigenvalue weighted by atomic mass is 10.4. The van der Waals surface area contributed by atoms with Crippen LogP contribution in [-0.2, 0) is 27.2 Å². The molecule has 0 bridgehead atoms. The second-order valence-electron chi connectivity index (χ2n) is 3.04. The molecule has 100 valence electrons. The number of hydrogen-bond donors (Lipinski definition) is 0. The fraction of sp³-hybridized carbons (Fsp3) is 0.700. The van der Waals surface area contributed by atoms with Crippen LogP contribution in [0.2, 0.25) is 0 Å². The lowest BCUT2D eigenvalue weighted by Gasteiger charge is -2.25. The van der Waals surface area contributed by atoms with E-state index in [1.54, 1.807) is 20.8 Å². The van der Waals surface area contributed by atoms with Gasteiger partial charge in [-0.05, 0) is 20.8 Å². The topological polar surface area (TPSA) is 63.2 Å². The molecule has 0 aliphatic carbocycles. The smallest absolute Gasteiger partial charge is 0.436 e. The number of carbonyl (C=O) groups excluding carboxylic acids is 1. The van der Waals surface area contributed by atoms with Crippen LogP contribution in [0.3, 0.4) is 0 Å². The summed E-state index contributed by atoms with van der Waals surface area (Å²) >= 11 is 0. The van der Waals surface area contributed by atoms with Crippen molar-refractivity contribution in [1.29, 1.82) is 0 Å². The summed E-state index contributed by atoms with van der Waals surface area (Å²) in [6.45, 7) is 9.07. The number of esters is 1. The molecule has 6 nitrogen and oxygen atoms in total. The third kappa shape index (κ3) is 5.94. The van der Waals surface area contributed by atoms with Crippen molar-refractivity contribution in [1.82, 2.24) is 0 Å². The maximum absolute atomic E-state index is 11.1. The molecule has 0 unspecified atom stereocenters. The van der Waals surface area contributed by atoms with Gasteiger partial charge in [-0.1, -0.05) is 6.58 Å². The van der Waals surface area contributed by atoms with Gasteiger partial charge in [-0.15, -0.1) is 0 Å². The normalized spacial score (nSPS) is 11.3. The Labute approximate surface area is 103 Å². The van der Waals surface area contributed by atoms with Crippen LogP contribution >= 0.6 is 0 Å². The highest BCUT2D eigenvalue weighted by Crippen LogP contribution is 2.10. The van der Waals surface area contributed by atoms with Crippen LogP contribution in [-0.4, -0.2) is 42.1 Å². The Hall–Kier alpha value is -0.733. The summed E-state index contributed by atoms with van der Waals surface area (Å²) in [5, 5.41) is 0. The van der Waals surface area contributed by atoms with Crippen LogP contribution in [0.25, 0.3) is 0 Å². The van der Waals surface area contributed by atoms with E-state index < -0.39 is 15.0 Å². The van der Waals surface area contributed by atoms with Crippen LogP contribution in [0.15, 0.2) is 12.2 Å². The maximum Gasteiger partial charge on any atom is 0.681 e. The van der Waals surface area contributed by atoms with Crippen molar-refractivity contribution in [3.63, 3.8) is 0 Å². The van der Waals surface area contributed by atoms with Crippen molar-refractivity contribution in [2.45, 2.75) is 20.8 Å². The molecule has 7 heteroatoms. The van der Waals surface area contributed by atoms with E-state index in [0.29, 0.717) is 18.8 Å². The predicted molar refractivity (Wildman–Crippen MR) is 62.9 cm³/mol. The van der Waals surface area contributed by atoms with Gasteiger partial charge in [0.15, 0.2) is 6.79 Å². The van der Waals surface area contributed by atoms with Crippen molar-refractivity contribution in [3.05, 3.63) is 12.2 Å². The standard InChI is InChI=1S/C10H20O6Si/c1-6-14-17(12-5,15-7-2)16-8-13-10(11)9(3)4/h3,6-8H2,1-2,4-5H3. The van der Waals surface area contributed by atoms with Gasteiger partial charge in [0.1, 0.15) is 0 Å². The first-order chi connectivity index (χ1) is 8.01. The van der Waals surface area contributed by atoms with Gasteiger partial charge in [-0.3, -0.25) is 0 Å². The fourth-order valence-corrected chi connectivity index (χ4v) is 2.45. The lowest BCUT2D eigenvalue weighted by Crippen LogP contribution is -2.49. The van der Waals surface area contributed by atoms with Crippen LogP contribution < -0.4 is 0 Å². The van der Waals surface area contributed by atoms with Crippen LogP contribution in [0.1, 0.15) is 20.8 Å². The van der Waals surface area contributed by atoms with Crippen LogP contribution in [0, 0.1) is 0 Å². The molecule has 0 spiro atoms. The molecule has 0 aromatic carbocycles. The Bertz CT molecular complexity index is 249. The second kappa shape index (κ2) is 8.37. The van der Waals surface area contributed by atoms with Crippen LogP contribution in [0.4, 0.5) is 0 Å². The van der Waals surface area contributed by atoms with Crippen molar-refractivity contribution in [2.24, 2.45) is 0 Å². The van der Waals surface area contributed by atoms with E-state index in [2.05, 4.69) is 6.58 Å². The Morgan fingerprint density at radius 2 is 1.71 bits per heavy atom. The minimum Gasteiger partial charge on any atom is -0.436 e. The average molecular weight is 264 g/mol. The minimum absolute atomic E-state index is 0.286. The summed E-state index contributed by atoms with van der Waals surface area (Å²) in [7, 11) is -1.75. The molecule has 0 aromatic rings. The Morgan fingerprint density at radius 3 is 2.06 bits per heavy atom. The monoisotopic (exact) mass is 264 g/mol. The quantitative estimate of drug-likeness (QED) is 0.270. The zero-order chi connectivity index (χ0) is 13.3. The van der Waals surface area contributed by atoms with E-state index in [0.717, 1.165) is 0 Å². The zero-order valence-corrected chi connectivity index (χ0v) is 11.8. The van der Waals surface area contributed by atoms with E-state index in [1.807, 2.05) is 0 Å². The number of carbonyl (C=O) groups is 1. The second-order valence-corrected chi connectivity index (χ2v) is 5.32. The van der Waals surface area contributed by atoms with E-state index >= 15 is 0 Å². The van der Waals surface area contributed by atoms with Crippen LogP contribution in [0.5, 0.6) is 0 Å². The van der Waals surface area contributed by atoms with E-state index in [-0.39, 0.29) is 6.79 Å². The highest BCUT2D eigenvalue weighted by atomic mass is 28.4. The molecule has 0 saturated heterocycles. The van der Waals surface area contributed by atoms with E-state index in [9.17, 15) is 4.79 Å². The molecular weight excluding hydrogens is 244 g/mol. The highest BCUT2D eigenvalue weighted by molar-refractivity contribution is 6.53. The Kier molecular flexibility index (Phi) is 8.01. The van der Waals surface area contributed by atoms with Crippen molar-refractivity contribution < 1.29 is 27.2 Å². The summed E-state index contributed by atoms with van der Waals surface area (Å²) in [5.41, 5.74) is 0.297. The van der Waals surface area contributed by atoms with Gasteiger partial charge < -0.3 is 22.4 Å². The van der Waals surface area contributed by atoms with Gasteiger partial charge in [-0.25, -0.2) is 4.79 Å². The summed E-state index contributed by atoms with van der Waals surface area (Å²) < 4.78 is 25.8. The predicted octanol–water partition coefficient (Wildman–Crippen LogP) is 1.23. The third-order valence-electron chi connectivity index (χ3n) is 1.67. The largest absolute Gasteiger partial charge is 0.681 e. The summed E-state index contributed by atoms with van der Waals surface area (Å²) in [6, 6.07) is 0. The molecule has 0 heterocycles. The molecule has 0 rings (SSSR count). The number of rotatable bonds is 9. The maximum atomic E-state index is 11.1. The molecule has 0 saturated carbocycles. The van der Waals surface area contributed by atoms with E-state index in [4.69, 9.17) is 22.4 Å². The molecule has 17 heavy (non-hydrogen) atoms. The van der Waals surface area contributed by atoms with Gasteiger partial charge in [-0.2, -0.15) is 0 Å². The molecule has 0 aliphatic rings. The summed E-state index contributed by atoms with van der Waals surface area (Å²) in [6.07, 6.45) is 0. The molecule has 0 amide bonds. The fourth-order valence-electron chi connectivity index (χ4n) is 0.934. The van der Waals surface area contributed by atoms with Gasteiger partial charge >= 0.3 is 15.0 Å². The van der Waals surface area contributed by atoms with Crippen molar-refractivity contribution in [2.75, 3.05) is 27.1 Å². The average Bonchev–Trinajstić information content (AvgIpc) is 2.29. The highest BCUT2D eigenvalue weighted by Gasteiger charge is 2.44. The first-order valence-corrected chi connectivity index (χ1v) is 6.94. The first kappa shape index (κ1) is 16.3. The molecule has 0 fully saturated rings. The SMILES string of the molecule is C=C(C)C(=O)OCO[Si](OC)(OCC)OCC. The molecule has 0 N–H and O–H groups in total. The lowest BCUT2D eigenvalue weighted by molar-refractivity contribution is -0.151. The summed E-state index contributed by atoms with van der Waals surface area (Å²) in [4.78, 5) is 11.1. The first-order valence-electron chi connectivity index (χ1n) is 5.31. The van der Waals surface area contributed by atoms with E-state index in [1.165, 1.54) is 7.11 Å². The molecule has 0 aromatic heterocycles. The minimum atomic E-state index is -3.18. The molecule has 0 radical (unpaired) electrons. The van der Waals surface area contributed by atoms with Crippen molar-refractivity contribution in [3.8, 4) is 0 Å². The third-order valence-corrected chi connectivity index (χ3v) is 3.92. The number of ether oxygens (including phenoxy) is 1. The Balaban J connectivity index is 4.24. The van der Waals surface area contributed by atoms with Gasteiger partial charge in [0.2, 0.25) is 0 Å². The summed E-state index contributed by atoms with van der Waals surface area (Å²) in [5.74, 6) is -0.531. The van der Waals surface area contributed by atoms with Crippen molar-refractivity contribution >= 4 is 15.0 Å². The van der Waals surface area contributed by atoms with Gasteiger partial charge in [0.25, 0.3) is 0 Å². The van der Waals surface area contributed by atoms with Gasteiger partial charge in [0.05, 0.1) is 0 Å². The molecular formula is C10H20O6Si. The number of hydrogen-bond acceptors (Lipinski definition) is 6.